The molecule has 3 aliphatic rings. The third-order valence-corrected chi connectivity index (χ3v) is 7.30. The zero-order valence-electron chi connectivity index (χ0n) is 17.3. The van der Waals surface area contributed by atoms with Gasteiger partial charge in [0.05, 0.1) is 22.1 Å². The number of hydrogen-bond acceptors (Lipinski definition) is 5. The van der Waals surface area contributed by atoms with Crippen LogP contribution in [0, 0.1) is 11.7 Å². The van der Waals surface area contributed by atoms with Gasteiger partial charge < -0.3 is 4.90 Å². The summed E-state index contributed by atoms with van der Waals surface area (Å²) in [5.41, 5.74) is 5.34. The van der Waals surface area contributed by atoms with Crippen LogP contribution in [0.4, 0.5) is 10.1 Å². The number of aromatic nitrogens is 2. The second-order valence-corrected chi connectivity index (χ2v) is 9.34. The third-order valence-electron chi connectivity index (χ3n) is 6.54. The summed E-state index contributed by atoms with van der Waals surface area (Å²) >= 11 is 12.6. The predicted octanol–water partition coefficient (Wildman–Crippen LogP) is 6.00. The highest BCUT2D eigenvalue weighted by molar-refractivity contribution is 6.36. The SMILES string of the molecule is Fc1ccc(Cl)c(CN2CCCc3nnc(C4=NN=C(C5CCCCC5)C4)cc32)c1Cl. The maximum atomic E-state index is 14.0. The van der Waals surface area contributed by atoms with Crippen LogP contribution in [0.5, 0.6) is 0 Å². The zero-order chi connectivity index (χ0) is 21.4. The summed E-state index contributed by atoms with van der Waals surface area (Å²) in [7, 11) is 0. The summed E-state index contributed by atoms with van der Waals surface area (Å²) in [6.07, 6.45) is 8.85. The Morgan fingerprint density at radius 2 is 1.87 bits per heavy atom. The van der Waals surface area contributed by atoms with Gasteiger partial charge in [0.2, 0.25) is 0 Å². The summed E-state index contributed by atoms with van der Waals surface area (Å²) in [5, 5.41) is 18.4. The van der Waals surface area contributed by atoms with Crippen LogP contribution in [0.3, 0.4) is 0 Å². The van der Waals surface area contributed by atoms with Crippen LogP contribution in [0.15, 0.2) is 28.4 Å². The van der Waals surface area contributed by atoms with Gasteiger partial charge in [-0.2, -0.15) is 15.3 Å². The van der Waals surface area contributed by atoms with Crippen molar-refractivity contribution in [3.8, 4) is 0 Å². The molecule has 1 aromatic carbocycles. The first-order valence-corrected chi connectivity index (χ1v) is 11.7. The first-order chi connectivity index (χ1) is 15.1. The molecular weight excluding hydrogens is 436 g/mol. The van der Waals surface area contributed by atoms with Gasteiger partial charge in [-0.1, -0.05) is 42.5 Å². The Bertz CT molecular complexity index is 1060. The van der Waals surface area contributed by atoms with Crippen molar-refractivity contribution >= 4 is 40.3 Å². The molecule has 0 N–H and O–H groups in total. The van der Waals surface area contributed by atoms with E-state index in [2.05, 4.69) is 25.3 Å². The lowest BCUT2D eigenvalue weighted by Crippen LogP contribution is -2.30. The first kappa shape index (κ1) is 20.8. The molecule has 0 bridgehead atoms. The molecule has 2 aliphatic heterocycles. The highest BCUT2D eigenvalue weighted by Gasteiger charge is 2.27. The van der Waals surface area contributed by atoms with Crippen LogP contribution in [-0.4, -0.2) is 28.2 Å². The largest absolute Gasteiger partial charge is 0.365 e. The number of aryl methyl sites for hydroxylation is 1. The van der Waals surface area contributed by atoms with Gasteiger partial charge in [0.1, 0.15) is 11.5 Å². The number of hydrogen-bond donors (Lipinski definition) is 0. The summed E-state index contributed by atoms with van der Waals surface area (Å²) in [4.78, 5) is 2.15. The number of rotatable bonds is 4. The van der Waals surface area contributed by atoms with Gasteiger partial charge in [-0.3, -0.25) is 0 Å². The van der Waals surface area contributed by atoms with Crippen LogP contribution in [0.25, 0.3) is 0 Å². The fourth-order valence-corrected chi connectivity index (χ4v) is 5.29. The van der Waals surface area contributed by atoms with E-state index in [0.717, 1.165) is 48.6 Å². The number of benzene rings is 1. The summed E-state index contributed by atoms with van der Waals surface area (Å²) in [6, 6.07) is 4.89. The molecule has 0 saturated heterocycles. The van der Waals surface area contributed by atoms with E-state index in [1.807, 2.05) is 6.07 Å². The molecule has 0 spiro atoms. The van der Waals surface area contributed by atoms with Crippen LogP contribution in [0.1, 0.15) is 61.9 Å². The van der Waals surface area contributed by atoms with E-state index in [9.17, 15) is 4.39 Å². The monoisotopic (exact) mass is 459 g/mol. The van der Waals surface area contributed by atoms with Gasteiger partial charge in [-0.05, 0) is 49.8 Å². The molecule has 0 unspecified atom stereocenters. The Morgan fingerprint density at radius 3 is 2.71 bits per heavy atom. The molecule has 1 saturated carbocycles. The normalized spacial score (nSPS) is 19.3. The predicted molar refractivity (Wildman–Crippen MR) is 123 cm³/mol. The van der Waals surface area contributed by atoms with Gasteiger partial charge in [0.15, 0.2) is 0 Å². The molecule has 5 rings (SSSR count). The van der Waals surface area contributed by atoms with E-state index in [1.165, 1.54) is 43.9 Å². The van der Waals surface area contributed by atoms with Gasteiger partial charge >= 0.3 is 0 Å². The van der Waals surface area contributed by atoms with Crippen molar-refractivity contribution in [1.29, 1.82) is 0 Å². The Morgan fingerprint density at radius 1 is 1.03 bits per heavy atom. The topological polar surface area (TPSA) is 53.7 Å². The van der Waals surface area contributed by atoms with E-state index in [4.69, 9.17) is 23.2 Å². The molecule has 0 radical (unpaired) electrons. The molecule has 0 atom stereocenters. The molecular formula is C23H24Cl2FN5. The number of nitrogens with zero attached hydrogens (tertiary/aromatic N) is 5. The molecule has 2 aromatic rings. The van der Waals surface area contributed by atoms with Crippen LogP contribution in [-0.2, 0) is 13.0 Å². The highest BCUT2D eigenvalue weighted by Crippen LogP contribution is 2.34. The van der Waals surface area contributed by atoms with Gasteiger partial charge in [0.25, 0.3) is 0 Å². The maximum absolute atomic E-state index is 14.0. The Labute approximate surface area is 191 Å². The van der Waals surface area contributed by atoms with Gasteiger partial charge in [-0.15, -0.1) is 5.10 Å². The average Bonchev–Trinajstić information content (AvgIpc) is 3.30. The molecule has 1 fully saturated rings. The van der Waals surface area contributed by atoms with E-state index >= 15 is 0 Å². The van der Waals surface area contributed by atoms with Crippen LogP contribution in [0.2, 0.25) is 10.0 Å². The van der Waals surface area contributed by atoms with Gasteiger partial charge in [0, 0.05) is 35.8 Å². The standard InChI is InChI=1S/C23H24Cl2FN5/c24-16-8-9-17(26)23(25)15(16)13-31-10-4-7-18-22(31)12-21(30-27-18)20-11-19(28-29-20)14-5-2-1-3-6-14/h8-9,12,14H,1-7,10-11,13H2. The zero-order valence-corrected chi connectivity index (χ0v) is 18.8. The molecule has 1 aromatic heterocycles. The molecule has 1 aliphatic carbocycles. The lowest BCUT2D eigenvalue weighted by molar-refractivity contribution is 0.437. The van der Waals surface area contributed by atoms with Crippen molar-refractivity contribution in [2.75, 3.05) is 11.4 Å². The summed E-state index contributed by atoms with van der Waals surface area (Å²) in [5.74, 6) is 0.0916. The molecule has 31 heavy (non-hydrogen) atoms. The quantitative estimate of drug-likeness (QED) is 0.526. The molecule has 162 valence electrons. The molecule has 5 nitrogen and oxygen atoms in total. The summed E-state index contributed by atoms with van der Waals surface area (Å²) < 4.78 is 14.0. The minimum absolute atomic E-state index is 0.0764. The molecule has 0 amide bonds. The van der Waals surface area contributed by atoms with Crippen molar-refractivity contribution in [2.45, 2.75) is 57.9 Å². The highest BCUT2D eigenvalue weighted by atomic mass is 35.5. The van der Waals surface area contributed by atoms with Crippen molar-refractivity contribution in [3.05, 3.63) is 51.0 Å². The molecule has 3 heterocycles. The second-order valence-electron chi connectivity index (χ2n) is 8.56. The summed E-state index contributed by atoms with van der Waals surface area (Å²) in [6.45, 7) is 1.24. The van der Waals surface area contributed by atoms with Crippen molar-refractivity contribution in [3.63, 3.8) is 0 Å². The molecule has 8 heteroatoms. The maximum Gasteiger partial charge on any atom is 0.142 e. The van der Waals surface area contributed by atoms with E-state index in [1.54, 1.807) is 6.07 Å². The van der Waals surface area contributed by atoms with Crippen molar-refractivity contribution in [1.82, 2.24) is 10.2 Å². The van der Waals surface area contributed by atoms with Crippen LogP contribution < -0.4 is 4.90 Å². The van der Waals surface area contributed by atoms with E-state index in [0.29, 0.717) is 23.0 Å². The Hall–Kier alpha value is -2.05. The third kappa shape index (κ3) is 4.20. The second kappa shape index (κ2) is 8.83. The van der Waals surface area contributed by atoms with Crippen molar-refractivity contribution < 1.29 is 4.39 Å². The minimum Gasteiger partial charge on any atom is -0.365 e. The fourth-order valence-electron chi connectivity index (χ4n) is 4.80. The van der Waals surface area contributed by atoms with Crippen molar-refractivity contribution in [2.24, 2.45) is 16.1 Å². The fraction of sp³-hybridized carbons (Fsp3) is 0.478. The van der Waals surface area contributed by atoms with E-state index < -0.39 is 5.82 Å². The number of fused-ring (bicyclic) bond motifs is 1. The minimum atomic E-state index is -0.459. The average molecular weight is 460 g/mol. The Kier molecular flexibility index (Phi) is 5.93. The Balaban J connectivity index is 1.38. The number of halogens is 3. The number of anilines is 1. The van der Waals surface area contributed by atoms with Crippen LogP contribution >= 0.6 is 23.2 Å². The van der Waals surface area contributed by atoms with E-state index in [-0.39, 0.29) is 5.02 Å². The first-order valence-electron chi connectivity index (χ1n) is 11.0. The van der Waals surface area contributed by atoms with Gasteiger partial charge in [-0.25, -0.2) is 4.39 Å². The lowest BCUT2D eigenvalue weighted by atomic mass is 9.84. The lowest BCUT2D eigenvalue weighted by Gasteiger charge is -2.31. The smallest absolute Gasteiger partial charge is 0.142 e.